The lowest BCUT2D eigenvalue weighted by Gasteiger charge is -2.35. The third-order valence-corrected chi connectivity index (χ3v) is 4.33. The monoisotopic (exact) mass is 249 g/mol. The van der Waals surface area contributed by atoms with Crippen LogP contribution < -0.4 is 5.32 Å². The largest absolute Gasteiger partial charge is 0.313 e. The maximum absolute atomic E-state index is 4.34. The molecule has 1 saturated carbocycles. The van der Waals surface area contributed by atoms with Crippen LogP contribution in [0, 0.1) is 5.41 Å². The van der Waals surface area contributed by atoms with Crippen LogP contribution in [0.2, 0.25) is 0 Å². The van der Waals surface area contributed by atoms with Crippen LogP contribution >= 0.6 is 0 Å². The number of rotatable bonds is 7. The van der Waals surface area contributed by atoms with Crippen LogP contribution in [0.25, 0.3) is 0 Å². The van der Waals surface area contributed by atoms with Crippen LogP contribution in [0.5, 0.6) is 0 Å². The summed E-state index contributed by atoms with van der Waals surface area (Å²) in [4.78, 5) is 0. The van der Waals surface area contributed by atoms with E-state index >= 15 is 0 Å². The molecule has 1 aliphatic rings. The van der Waals surface area contributed by atoms with E-state index in [9.17, 15) is 0 Å². The molecule has 104 valence electrons. The maximum atomic E-state index is 4.34. The van der Waals surface area contributed by atoms with E-state index in [4.69, 9.17) is 0 Å². The number of hydrogen-bond acceptors (Lipinski definition) is 1. The van der Waals surface area contributed by atoms with E-state index in [1.54, 1.807) is 0 Å². The first-order valence-corrected chi connectivity index (χ1v) is 7.70. The summed E-state index contributed by atoms with van der Waals surface area (Å²) in [6.07, 6.45) is 11.2. The smallest absolute Gasteiger partial charge is 0.0377 e. The van der Waals surface area contributed by atoms with E-state index in [0.29, 0.717) is 11.5 Å². The topological polar surface area (TPSA) is 12.0 Å². The first-order chi connectivity index (χ1) is 8.65. The van der Waals surface area contributed by atoms with Crippen molar-refractivity contribution in [1.29, 1.82) is 0 Å². The molecule has 0 heterocycles. The van der Waals surface area contributed by atoms with Crippen LogP contribution in [-0.2, 0) is 0 Å². The fraction of sp³-hybridized carbons (Fsp3) is 0.765. The molecule has 1 heteroatoms. The molecule has 1 N–H and O–H groups in total. The van der Waals surface area contributed by atoms with Gasteiger partial charge in [-0.15, -0.1) is 0 Å². The molecule has 1 fully saturated rings. The van der Waals surface area contributed by atoms with Gasteiger partial charge >= 0.3 is 0 Å². The van der Waals surface area contributed by atoms with Gasteiger partial charge in [-0.1, -0.05) is 58.3 Å². The molecule has 0 aromatic rings. The molecule has 1 nitrogen and oxygen atoms in total. The zero-order chi connectivity index (χ0) is 13.6. The molecule has 0 aromatic heterocycles. The summed E-state index contributed by atoms with van der Waals surface area (Å²) in [6, 6.07) is 0.524. The summed E-state index contributed by atoms with van der Waals surface area (Å²) in [5, 5.41) is 3.58. The van der Waals surface area contributed by atoms with Gasteiger partial charge in [0.05, 0.1) is 0 Å². The molecule has 0 spiro atoms. The van der Waals surface area contributed by atoms with E-state index < -0.39 is 0 Å². The number of likely N-dealkylation sites (N-methyl/N-ethyl adjacent to an activating group) is 1. The second-order valence-corrected chi connectivity index (χ2v) is 5.81. The normalized spacial score (nSPS) is 25.0. The summed E-state index contributed by atoms with van der Waals surface area (Å²) in [5.41, 5.74) is 3.31. The molecule has 0 bridgehead atoms. The molecule has 0 aromatic carbocycles. The summed E-state index contributed by atoms with van der Waals surface area (Å²) in [7, 11) is 2.11. The minimum absolute atomic E-state index is 0.426. The standard InChI is InChI=1S/C17H31N/c1-6-9-10-15-14(4)13-17(11-7-2,12-8-3)16(15)18-5/h10,16,18H,4,6-9,11-13H2,1-3,5H3/b15-10+. The average molecular weight is 249 g/mol. The van der Waals surface area contributed by atoms with E-state index in [0.717, 1.165) is 0 Å². The first-order valence-electron chi connectivity index (χ1n) is 7.70. The number of allylic oxidation sites excluding steroid dienone is 1. The van der Waals surface area contributed by atoms with Crippen molar-refractivity contribution >= 4 is 0 Å². The Kier molecular flexibility index (Phi) is 6.14. The molecule has 1 aliphatic carbocycles. The van der Waals surface area contributed by atoms with Crippen LogP contribution in [0.15, 0.2) is 23.8 Å². The Balaban J connectivity index is 3.02. The minimum atomic E-state index is 0.426. The van der Waals surface area contributed by atoms with Gasteiger partial charge in [-0.3, -0.25) is 0 Å². The fourth-order valence-corrected chi connectivity index (χ4v) is 3.77. The highest BCUT2D eigenvalue weighted by molar-refractivity contribution is 5.42. The van der Waals surface area contributed by atoms with Crippen molar-refractivity contribution in [3.05, 3.63) is 23.8 Å². The Hall–Kier alpha value is -0.560. The predicted octanol–water partition coefficient (Wildman–Crippen LogP) is 4.85. The lowest BCUT2D eigenvalue weighted by molar-refractivity contribution is 0.206. The lowest BCUT2D eigenvalue weighted by Crippen LogP contribution is -2.40. The van der Waals surface area contributed by atoms with Crippen molar-refractivity contribution in [2.24, 2.45) is 5.41 Å². The van der Waals surface area contributed by atoms with Crippen molar-refractivity contribution in [1.82, 2.24) is 5.32 Å². The van der Waals surface area contributed by atoms with Gasteiger partial charge in [0.1, 0.15) is 0 Å². The van der Waals surface area contributed by atoms with Crippen LogP contribution in [0.3, 0.4) is 0 Å². The molecule has 1 atom stereocenters. The highest BCUT2D eigenvalue weighted by Crippen LogP contribution is 2.50. The molecule has 1 unspecified atom stereocenters. The molecule has 0 saturated heterocycles. The van der Waals surface area contributed by atoms with E-state index in [1.165, 1.54) is 56.1 Å². The number of hydrogen-bond donors (Lipinski definition) is 1. The Bertz CT molecular complexity index is 295. The van der Waals surface area contributed by atoms with Crippen molar-refractivity contribution in [3.8, 4) is 0 Å². The average Bonchev–Trinajstić information content (AvgIpc) is 2.59. The van der Waals surface area contributed by atoms with E-state index in [1.807, 2.05) is 0 Å². The van der Waals surface area contributed by atoms with Crippen LogP contribution in [0.4, 0.5) is 0 Å². The highest BCUT2D eigenvalue weighted by Gasteiger charge is 2.44. The second-order valence-electron chi connectivity index (χ2n) is 5.81. The van der Waals surface area contributed by atoms with Crippen molar-refractivity contribution in [3.63, 3.8) is 0 Å². The zero-order valence-corrected chi connectivity index (χ0v) is 12.8. The Morgan fingerprint density at radius 2 is 1.83 bits per heavy atom. The maximum Gasteiger partial charge on any atom is 0.0377 e. The van der Waals surface area contributed by atoms with Crippen molar-refractivity contribution in [2.75, 3.05) is 7.05 Å². The predicted molar refractivity (Wildman–Crippen MR) is 81.8 cm³/mol. The molecule has 1 rings (SSSR count). The minimum Gasteiger partial charge on any atom is -0.313 e. The van der Waals surface area contributed by atoms with Gasteiger partial charge in [0, 0.05) is 6.04 Å². The third kappa shape index (κ3) is 3.06. The van der Waals surface area contributed by atoms with Gasteiger partial charge in [0.25, 0.3) is 0 Å². The zero-order valence-electron chi connectivity index (χ0n) is 12.8. The highest BCUT2D eigenvalue weighted by atomic mass is 14.9. The SMILES string of the molecule is C=C1CC(CCC)(CCC)C(NC)/C1=C/CCC. The Morgan fingerprint density at radius 1 is 1.22 bits per heavy atom. The van der Waals surface area contributed by atoms with Gasteiger partial charge < -0.3 is 5.32 Å². The Morgan fingerprint density at radius 3 is 2.28 bits per heavy atom. The van der Waals surface area contributed by atoms with Gasteiger partial charge in [-0.2, -0.15) is 0 Å². The molecular formula is C17H31N. The first kappa shape index (κ1) is 15.5. The van der Waals surface area contributed by atoms with Crippen LogP contribution in [0.1, 0.15) is 65.7 Å². The third-order valence-electron chi connectivity index (χ3n) is 4.33. The van der Waals surface area contributed by atoms with Gasteiger partial charge in [0.2, 0.25) is 0 Å². The molecule has 0 amide bonds. The molecular weight excluding hydrogens is 218 g/mol. The summed E-state index contributed by atoms with van der Waals surface area (Å²) in [6.45, 7) is 11.2. The van der Waals surface area contributed by atoms with Crippen LogP contribution in [-0.4, -0.2) is 13.1 Å². The van der Waals surface area contributed by atoms with E-state index in [-0.39, 0.29) is 0 Å². The summed E-state index contributed by atoms with van der Waals surface area (Å²) >= 11 is 0. The van der Waals surface area contributed by atoms with Crippen molar-refractivity contribution in [2.45, 2.75) is 71.8 Å². The summed E-state index contributed by atoms with van der Waals surface area (Å²) < 4.78 is 0. The van der Waals surface area contributed by atoms with E-state index in [2.05, 4.69) is 45.8 Å². The molecule has 0 aliphatic heterocycles. The van der Waals surface area contributed by atoms with Gasteiger partial charge in [-0.05, 0) is 43.7 Å². The van der Waals surface area contributed by atoms with Gasteiger partial charge in [-0.25, -0.2) is 0 Å². The van der Waals surface area contributed by atoms with Gasteiger partial charge in [0.15, 0.2) is 0 Å². The number of nitrogens with one attached hydrogen (secondary N) is 1. The molecule has 0 radical (unpaired) electrons. The fourth-order valence-electron chi connectivity index (χ4n) is 3.77. The van der Waals surface area contributed by atoms with Crippen molar-refractivity contribution < 1.29 is 0 Å². The quantitative estimate of drug-likeness (QED) is 0.680. The molecule has 18 heavy (non-hydrogen) atoms. The number of unbranched alkanes of at least 4 members (excludes halogenated alkanes) is 1. The Labute approximate surface area is 114 Å². The second kappa shape index (κ2) is 7.13. The lowest BCUT2D eigenvalue weighted by atomic mass is 9.74. The summed E-state index contributed by atoms with van der Waals surface area (Å²) in [5.74, 6) is 0.